The number of nitrogens with two attached hydrogens (primary N) is 1. The van der Waals surface area contributed by atoms with Gasteiger partial charge in [-0.05, 0) is 26.2 Å². The minimum absolute atomic E-state index is 0.0115. The van der Waals surface area contributed by atoms with Gasteiger partial charge in [-0.15, -0.1) is 0 Å². The van der Waals surface area contributed by atoms with Crippen molar-refractivity contribution in [3.63, 3.8) is 0 Å². The van der Waals surface area contributed by atoms with Crippen LogP contribution in [0.25, 0.3) is 0 Å². The average molecular weight is 202 g/mol. The van der Waals surface area contributed by atoms with Crippen LogP contribution in [0.2, 0.25) is 0 Å². The van der Waals surface area contributed by atoms with Crippen LogP contribution in [0.1, 0.15) is 40.5 Å². The average Bonchev–Trinajstić information content (AvgIpc) is 2.16. The second-order valence-corrected chi connectivity index (χ2v) is 4.61. The molecule has 0 aliphatic carbocycles. The van der Waals surface area contributed by atoms with E-state index in [1.807, 2.05) is 6.92 Å². The summed E-state index contributed by atoms with van der Waals surface area (Å²) in [6.07, 6.45) is 2.20. The third-order valence-electron chi connectivity index (χ3n) is 2.97. The van der Waals surface area contributed by atoms with Gasteiger partial charge in [0.25, 0.3) is 0 Å². The minimum atomic E-state index is 0.0115. The molecule has 0 aromatic heterocycles. The second-order valence-electron chi connectivity index (χ2n) is 4.61. The lowest BCUT2D eigenvalue weighted by Gasteiger charge is -2.34. The zero-order valence-corrected chi connectivity index (χ0v) is 10.0. The Labute approximate surface area is 88.1 Å². The Bertz CT molecular complexity index is 152. The van der Waals surface area contributed by atoms with Crippen molar-refractivity contribution in [1.82, 2.24) is 5.32 Å². The molecule has 0 aromatic rings. The van der Waals surface area contributed by atoms with Crippen molar-refractivity contribution in [3.05, 3.63) is 0 Å². The molecule has 0 radical (unpaired) electrons. The molecule has 0 fully saturated rings. The predicted octanol–water partition coefficient (Wildman–Crippen LogP) is 1.11. The maximum Gasteiger partial charge on any atom is 0.0471 e. The molecule has 0 aliphatic rings. The lowest BCUT2D eigenvalue weighted by molar-refractivity contribution is 0.181. The van der Waals surface area contributed by atoms with Crippen LogP contribution in [0.3, 0.4) is 0 Å². The third kappa shape index (κ3) is 4.40. The summed E-state index contributed by atoms with van der Waals surface area (Å²) in [5.41, 5.74) is 5.77. The van der Waals surface area contributed by atoms with Crippen molar-refractivity contribution >= 4 is 0 Å². The van der Waals surface area contributed by atoms with Gasteiger partial charge in [0.1, 0.15) is 0 Å². The lowest BCUT2D eigenvalue weighted by atomic mass is 9.93. The standard InChI is InChI=1S/C11H26N2O/c1-5-6-11(4,8-12)13-10(3)9(2)7-14/h9-10,13-14H,5-8,12H2,1-4H3. The van der Waals surface area contributed by atoms with E-state index in [1.165, 1.54) is 0 Å². The van der Waals surface area contributed by atoms with Gasteiger partial charge in [-0.2, -0.15) is 0 Å². The van der Waals surface area contributed by atoms with Crippen molar-refractivity contribution < 1.29 is 5.11 Å². The van der Waals surface area contributed by atoms with Crippen molar-refractivity contribution in [2.45, 2.75) is 52.1 Å². The van der Waals surface area contributed by atoms with E-state index in [4.69, 9.17) is 10.8 Å². The Balaban J connectivity index is 4.15. The number of aliphatic hydroxyl groups is 1. The van der Waals surface area contributed by atoms with Gasteiger partial charge in [0.05, 0.1) is 0 Å². The molecule has 0 saturated heterocycles. The summed E-state index contributed by atoms with van der Waals surface area (Å²) in [5, 5.41) is 12.5. The van der Waals surface area contributed by atoms with Crippen molar-refractivity contribution in [3.8, 4) is 0 Å². The first-order valence-electron chi connectivity index (χ1n) is 5.57. The highest BCUT2D eigenvalue weighted by molar-refractivity contribution is 4.87. The maximum absolute atomic E-state index is 9.03. The summed E-state index contributed by atoms with van der Waals surface area (Å²) in [6.45, 7) is 9.32. The van der Waals surface area contributed by atoms with Crippen LogP contribution >= 0.6 is 0 Å². The molecule has 0 saturated carbocycles. The number of hydrogen-bond acceptors (Lipinski definition) is 3. The zero-order valence-electron chi connectivity index (χ0n) is 10.0. The summed E-state index contributed by atoms with van der Waals surface area (Å²) in [7, 11) is 0. The van der Waals surface area contributed by atoms with Gasteiger partial charge < -0.3 is 16.2 Å². The summed E-state index contributed by atoms with van der Waals surface area (Å²) in [4.78, 5) is 0. The fraction of sp³-hybridized carbons (Fsp3) is 1.00. The van der Waals surface area contributed by atoms with E-state index in [-0.39, 0.29) is 18.1 Å². The Morgan fingerprint density at radius 1 is 1.43 bits per heavy atom. The van der Waals surface area contributed by atoms with Crippen molar-refractivity contribution in [1.29, 1.82) is 0 Å². The molecule has 0 spiro atoms. The van der Waals surface area contributed by atoms with E-state index in [9.17, 15) is 0 Å². The van der Waals surface area contributed by atoms with E-state index in [0.29, 0.717) is 12.6 Å². The molecular weight excluding hydrogens is 176 g/mol. The van der Waals surface area contributed by atoms with Gasteiger partial charge in [0.15, 0.2) is 0 Å². The fourth-order valence-corrected chi connectivity index (χ4v) is 1.63. The highest BCUT2D eigenvalue weighted by Crippen LogP contribution is 2.14. The van der Waals surface area contributed by atoms with Crippen LogP contribution in [0.4, 0.5) is 0 Å². The molecule has 4 N–H and O–H groups in total. The monoisotopic (exact) mass is 202 g/mol. The van der Waals surface area contributed by atoms with Crippen molar-refractivity contribution in [2.75, 3.05) is 13.2 Å². The molecule has 0 bridgehead atoms. The minimum Gasteiger partial charge on any atom is -0.396 e. The number of rotatable bonds is 7. The van der Waals surface area contributed by atoms with Crippen LogP contribution < -0.4 is 11.1 Å². The molecule has 86 valence electrons. The summed E-state index contributed by atoms with van der Waals surface area (Å²) in [5.74, 6) is 0.276. The quantitative estimate of drug-likeness (QED) is 0.579. The summed E-state index contributed by atoms with van der Waals surface area (Å²) >= 11 is 0. The number of nitrogens with one attached hydrogen (secondary N) is 1. The van der Waals surface area contributed by atoms with E-state index in [0.717, 1.165) is 12.8 Å². The smallest absolute Gasteiger partial charge is 0.0471 e. The lowest BCUT2D eigenvalue weighted by Crippen LogP contribution is -2.54. The largest absolute Gasteiger partial charge is 0.396 e. The second kappa shape index (κ2) is 6.38. The normalized spacial score (nSPS) is 20.1. The fourth-order valence-electron chi connectivity index (χ4n) is 1.63. The predicted molar refractivity (Wildman–Crippen MR) is 61.2 cm³/mol. The van der Waals surface area contributed by atoms with Crippen LogP contribution in [-0.2, 0) is 0 Å². The first-order chi connectivity index (χ1) is 6.49. The van der Waals surface area contributed by atoms with Crippen LogP contribution in [-0.4, -0.2) is 29.8 Å². The van der Waals surface area contributed by atoms with Gasteiger partial charge >= 0.3 is 0 Å². The summed E-state index contributed by atoms with van der Waals surface area (Å²) < 4.78 is 0. The van der Waals surface area contributed by atoms with Crippen LogP contribution in [0.15, 0.2) is 0 Å². The molecule has 0 aromatic carbocycles. The van der Waals surface area contributed by atoms with E-state index >= 15 is 0 Å². The van der Waals surface area contributed by atoms with Crippen LogP contribution in [0.5, 0.6) is 0 Å². The molecule has 3 unspecified atom stereocenters. The molecule has 0 amide bonds. The number of aliphatic hydroxyl groups excluding tert-OH is 1. The zero-order chi connectivity index (χ0) is 11.2. The third-order valence-corrected chi connectivity index (χ3v) is 2.97. The van der Waals surface area contributed by atoms with Crippen molar-refractivity contribution in [2.24, 2.45) is 11.7 Å². The molecule has 3 atom stereocenters. The molecule has 0 aliphatic heterocycles. The molecule has 0 rings (SSSR count). The van der Waals surface area contributed by atoms with E-state index < -0.39 is 0 Å². The first-order valence-corrected chi connectivity index (χ1v) is 5.57. The molecule has 3 nitrogen and oxygen atoms in total. The van der Waals surface area contributed by atoms with Gasteiger partial charge in [-0.25, -0.2) is 0 Å². The van der Waals surface area contributed by atoms with Crippen LogP contribution in [0, 0.1) is 5.92 Å². The Morgan fingerprint density at radius 3 is 2.36 bits per heavy atom. The van der Waals surface area contributed by atoms with Gasteiger partial charge in [0.2, 0.25) is 0 Å². The first kappa shape index (κ1) is 13.9. The highest BCUT2D eigenvalue weighted by Gasteiger charge is 2.24. The highest BCUT2D eigenvalue weighted by atomic mass is 16.3. The maximum atomic E-state index is 9.03. The number of hydrogen-bond donors (Lipinski definition) is 3. The molecule has 3 heteroatoms. The Morgan fingerprint density at radius 2 is 2.00 bits per heavy atom. The topological polar surface area (TPSA) is 58.3 Å². The van der Waals surface area contributed by atoms with Gasteiger partial charge in [-0.3, -0.25) is 0 Å². The molecule has 14 heavy (non-hydrogen) atoms. The Kier molecular flexibility index (Phi) is 6.33. The SMILES string of the molecule is CCCC(C)(CN)NC(C)C(C)CO. The van der Waals surface area contributed by atoms with E-state index in [1.54, 1.807) is 0 Å². The van der Waals surface area contributed by atoms with E-state index in [2.05, 4.69) is 26.1 Å². The molecular formula is C11H26N2O. The van der Waals surface area contributed by atoms with Gasteiger partial charge in [-0.1, -0.05) is 20.3 Å². The summed E-state index contributed by atoms with van der Waals surface area (Å²) in [6, 6.07) is 0.306. The van der Waals surface area contributed by atoms with Gasteiger partial charge in [0, 0.05) is 24.7 Å². The molecule has 0 heterocycles. The Hall–Kier alpha value is -0.120.